The van der Waals surface area contributed by atoms with Crippen molar-refractivity contribution in [3.63, 3.8) is 0 Å². The van der Waals surface area contributed by atoms with Crippen LogP contribution < -0.4 is 0 Å². The third kappa shape index (κ3) is 8.56. The van der Waals surface area contributed by atoms with Crippen LogP contribution in [-0.2, 0) is 16.1 Å². The van der Waals surface area contributed by atoms with Crippen LogP contribution in [0, 0.1) is 28.8 Å². The fourth-order valence-electron chi connectivity index (χ4n) is 5.58. The van der Waals surface area contributed by atoms with Crippen molar-refractivity contribution in [3.8, 4) is 11.3 Å². The van der Waals surface area contributed by atoms with Gasteiger partial charge >= 0.3 is 6.09 Å². The zero-order valence-electron chi connectivity index (χ0n) is 26.3. The van der Waals surface area contributed by atoms with Crippen LogP contribution in [0.25, 0.3) is 11.3 Å². The molecule has 0 aliphatic carbocycles. The minimum absolute atomic E-state index is 0.0271. The number of amides is 2. The molecule has 1 saturated heterocycles. The molecular formula is C33H39F4IN4O3. The van der Waals surface area contributed by atoms with Crippen LogP contribution in [0.1, 0.15) is 59.0 Å². The van der Waals surface area contributed by atoms with Crippen molar-refractivity contribution in [2.75, 3.05) is 24.1 Å². The Labute approximate surface area is 275 Å². The normalized spacial score (nSPS) is 17.8. The maximum atomic E-state index is 15.5. The van der Waals surface area contributed by atoms with Gasteiger partial charge in [0.15, 0.2) is 0 Å². The predicted octanol–water partition coefficient (Wildman–Crippen LogP) is 7.57. The van der Waals surface area contributed by atoms with Gasteiger partial charge in [-0.3, -0.25) is 4.79 Å². The molecule has 4 rings (SSSR count). The van der Waals surface area contributed by atoms with Gasteiger partial charge < -0.3 is 19.1 Å². The van der Waals surface area contributed by atoms with Gasteiger partial charge in [0.25, 0.3) is 0 Å². The number of ether oxygens (including phenoxy) is 1. The third-order valence-corrected chi connectivity index (χ3v) is 8.16. The lowest BCUT2D eigenvalue weighted by Crippen LogP contribution is -2.46. The zero-order chi connectivity index (χ0) is 33.3. The number of hydrogen-bond donors (Lipinski definition) is 0. The first-order valence-electron chi connectivity index (χ1n) is 14.7. The number of nitrogens with zero attached hydrogens (tertiary/aromatic N) is 4. The minimum atomic E-state index is -1.41. The SMILES string of the molecule is CC(C)(C)OC(=O)N1C[C@@H](CN(C(=O)CI)[C@@H](c2nc(-c3cc(F)ccc3F)cn2Cc2cccc(F)c2)C(C)(C)C)[C@@H](F)C1. The van der Waals surface area contributed by atoms with Crippen LogP contribution in [0.2, 0.25) is 0 Å². The van der Waals surface area contributed by atoms with Crippen molar-refractivity contribution in [2.24, 2.45) is 11.3 Å². The molecule has 3 aromatic rings. The van der Waals surface area contributed by atoms with E-state index in [4.69, 9.17) is 9.72 Å². The summed E-state index contributed by atoms with van der Waals surface area (Å²) in [6.45, 7) is 10.9. The van der Waals surface area contributed by atoms with Gasteiger partial charge in [-0.2, -0.15) is 0 Å². The number of hydrogen-bond acceptors (Lipinski definition) is 4. The van der Waals surface area contributed by atoms with Crippen LogP contribution in [0.5, 0.6) is 0 Å². The van der Waals surface area contributed by atoms with Crippen LogP contribution in [-0.4, -0.2) is 67.2 Å². The molecule has 2 aromatic carbocycles. The summed E-state index contributed by atoms with van der Waals surface area (Å²) >= 11 is 1.95. The van der Waals surface area contributed by atoms with Crippen molar-refractivity contribution in [1.29, 1.82) is 0 Å². The molecular weight excluding hydrogens is 703 g/mol. The number of halogens is 5. The predicted molar refractivity (Wildman–Crippen MR) is 172 cm³/mol. The van der Waals surface area contributed by atoms with E-state index in [0.29, 0.717) is 11.4 Å². The number of benzene rings is 2. The average molecular weight is 743 g/mol. The Kier molecular flexibility index (Phi) is 10.6. The number of aromatic nitrogens is 2. The molecule has 45 heavy (non-hydrogen) atoms. The summed E-state index contributed by atoms with van der Waals surface area (Å²) in [5, 5.41) is 0. The third-order valence-electron chi connectivity index (χ3n) is 7.51. The van der Waals surface area contributed by atoms with Crippen molar-refractivity contribution in [2.45, 2.75) is 65.9 Å². The van der Waals surface area contributed by atoms with E-state index < -0.39 is 52.7 Å². The van der Waals surface area contributed by atoms with Gasteiger partial charge in [0, 0.05) is 37.3 Å². The lowest BCUT2D eigenvalue weighted by atomic mass is 9.84. The summed E-state index contributed by atoms with van der Waals surface area (Å²) in [5.41, 5.74) is -0.776. The van der Waals surface area contributed by atoms with Gasteiger partial charge in [-0.25, -0.2) is 27.3 Å². The molecule has 1 aliphatic heterocycles. The van der Waals surface area contributed by atoms with E-state index in [1.165, 1.54) is 17.0 Å². The Morgan fingerprint density at radius 3 is 2.36 bits per heavy atom. The first-order valence-corrected chi connectivity index (χ1v) is 16.2. The van der Waals surface area contributed by atoms with E-state index in [9.17, 15) is 22.8 Å². The van der Waals surface area contributed by atoms with Gasteiger partial charge in [0.2, 0.25) is 5.91 Å². The first kappa shape index (κ1) is 34.7. The van der Waals surface area contributed by atoms with Crippen molar-refractivity contribution < 1.29 is 31.9 Å². The highest BCUT2D eigenvalue weighted by atomic mass is 127. The van der Waals surface area contributed by atoms with Crippen LogP contribution in [0.3, 0.4) is 0 Å². The Morgan fingerprint density at radius 1 is 1.04 bits per heavy atom. The molecule has 3 atom stereocenters. The topological polar surface area (TPSA) is 67.7 Å². The zero-order valence-corrected chi connectivity index (χ0v) is 28.4. The second-order valence-electron chi connectivity index (χ2n) is 13.5. The number of carbonyl (C=O) groups is 2. The van der Waals surface area contributed by atoms with Gasteiger partial charge in [0.05, 0.1) is 22.7 Å². The first-order chi connectivity index (χ1) is 21.0. The summed E-state index contributed by atoms with van der Waals surface area (Å²) < 4.78 is 66.1. The maximum absolute atomic E-state index is 15.5. The number of alkyl halides is 2. The number of imidazole rings is 1. The molecule has 7 nitrogen and oxygen atoms in total. The maximum Gasteiger partial charge on any atom is 0.410 e. The van der Waals surface area contributed by atoms with Crippen LogP contribution in [0.15, 0.2) is 48.7 Å². The van der Waals surface area contributed by atoms with Gasteiger partial charge in [-0.05, 0) is 62.1 Å². The van der Waals surface area contributed by atoms with E-state index in [-0.39, 0.29) is 47.8 Å². The van der Waals surface area contributed by atoms with E-state index in [2.05, 4.69) is 0 Å². The standard InChI is InChI=1S/C33H39F4IN4O3/c1-32(2,3)29(42(28(43)14-38)17-21-16-41(18-26(21)37)31(44)45-33(4,5)6)30-39-27(24-13-23(35)10-11-25(24)36)19-40(30)15-20-8-7-9-22(34)12-20/h7-13,19,21,26,29H,14-18H2,1-6H3/t21-,26-,29-/m0/s1. The summed E-state index contributed by atoms with van der Waals surface area (Å²) in [6, 6.07) is 8.29. The summed E-state index contributed by atoms with van der Waals surface area (Å²) in [4.78, 5) is 34.0. The fourth-order valence-corrected chi connectivity index (χ4v) is 6.02. The molecule has 0 spiro atoms. The van der Waals surface area contributed by atoms with Crippen LogP contribution >= 0.6 is 22.6 Å². The number of carbonyl (C=O) groups excluding carboxylic acids is 2. The molecule has 0 unspecified atom stereocenters. The van der Waals surface area contributed by atoms with Gasteiger partial charge in [-0.1, -0.05) is 55.5 Å². The summed E-state index contributed by atoms with van der Waals surface area (Å²) in [6.07, 6.45) is -0.479. The van der Waals surface area contributed by atoms with E-state index in [0.717, 1.165) is 18.2 Å². The molecule has 1 aromatic heterocycles. The Balaban J connectivity index is 1.79. The molecule has 0 bridgehead atoms. The highest BCUT2D eigenvalue weighted by Crippen LogP contribution is 2.41. The van der Waals surface area contributed by atoms with Crippen molar-refractivity contribution >= 4 is 34.6 Å². The smallest absolute Gasteiger partial charge is 0.410 e. The Hall–Kier alpha value is -3.16. The largest absolute Gasteiger partial charge is 0.444 e. The van der Waals surface area contributed by atoms with E-state index >= 15 is 4.39 Å². The number of likely N-dealkylation sites (tertiary alicyclic amines) is 1. The fraction of sp³-hybridized carbons (Fsp3) is 0.485. The molecule has 1 aliphatic rings. The molecule has 0 saturated carbocycles. The van der Waals surface area contributed by atoms with Crippen LogP contribution in [0.4, 0.5) is 22.4 Å². The second-order valence-corrected chi connectivity index (χ2v) is 14.2. The lowest BCUT2D eigenvalue weighted by molar-refractivity contribution is -0.134. The van der Waals surface area contributed by atoms with Crippen molar-refractivity contribution in [3.05, 3.63) is 77.5 Å². The molecule has 2 amide bonds. The molecule has 0 N–H and O–H groups in total. The molecule has 244 valence electrons. The molecule has 12 heteroatoms. The molecule has 0 radical (unpaired) electrons. The van der Waals surface area contributed by atoms with E-state index in [1.807, 2.05) is 43.4 Å². The Bertz CT molecular complexity index is 1530. The lowest BCUT2D eigenvalue weighted by Gasteiger charge is -2.41. The summed E-state index contributed by atoms with van der Waals surface area (Å²) in [5.74, 6) is -2.41. The molecule has 2 heterocycles. The van der Waals surface area contributed by atoms with Crippen molar-refractivity contribution in [1.82, 2.24) is 19.4 Å². The quantitative estimate of drug-likeness (QED) is 0.136. The second kappa shape index (κ2) is 13.7. The van der Waals surface area contributed by atoms with Gasteiger partial charge in [0.1, 0.15) is 35.0 Å². The minimum Gasteiger partial charge on any atom is -0.444 e. The average Bonchev–Trinajstić information content (AvgIpc) is 3.50. The van der Waals surface area contributed by atoms with Gasteiger partial charge in [-0.15, -0.1) is 0 Å². The van der Waals surface area contributed by atoms with E-state index in [1.54, 1.807) is 48.6 Å². The number of rotatable bonds is 8. The molecule has 1 fully saturated rings. The highest BCUT2D eigenvalue weighted by molar-refractivity contribution is 14.1. The summed E-state index contributed by atoms with van der Waals surface area (Å²) in [7, 11) is 0. The highest BCUT2D eigenvalue weighted by Gasteiger charge is 2.43. The monoisotopic (exact) mass is 742 g/mol. The Morgan fingerprint density at radius 2 is 1.73 bits per heavy atom.